The maximum Gasteiger partial charge on any atom is 0.338 e. The molecule has 0 aromatic heterocycles. The maximum atomic E-state index is 13.1. The van der Waals surface area contributed by atoms with Crippen LogP contribution in [0.25, 0.3) is 0 Å². The number of hydrogen-bond acceptors (Lipinski definition) is 6. The highest BCUT2D eigenvalue weighted by molar-refractivity contribution is 7.96. The molecule has 2 fully saturated rings. The number of carbonyl (C=O) groups is 1. The molecule has 8 heteroatoms. The van der Waals surface area contributed by atoms with Crippen LogP contribution in [0.5, 0.6) is 5.75 Å². The lowest BCUT2D eigenvalue weighted by Crippen LogP contribution is -2.70. The third-order valence-electron chi connectivity index (χ3n) is 6.21. The molecule has 2 unspecified atom stereocenters. The first-order valence-electron chi connectivity index (χ1n) is 10.2. The van der Waals surface area contributed by atoms with E-state index in [4.69, 9.17) is 14.2 Å². The standard InChI is InChI=1S/C23H23NO6S/c1-28-17-9-5-8-16(13-17)22(25)29-21-19(12-15-6-3-2-4-7-15)24-31(26,27)20-14-18-10-11-23(20,21)30-18/h2-11,13,18-21H,12,14H2,1H3,(H-,24,26,27)/t18?,19-,20-,21+,23+/m0/s1. The van der Waals surface area contributed by atoms with Gasteiger partial charge in [-0.1, -0.05) is 46.7 Å². The summed E-state index contributed by atoms with van der Waals surface area (Å²) in [5, 5.41) is -0.801. The fourth-order valence-corrected chi connectivity index (χ4v) is 6.80. The molecular weight excluding hydrogens is 418 g/mol. The second kappa shape index (κ2) is 7.56. The van der Waals surface area contributed by atoms with Crippen LogP contribution in [0.3, 0.4) is 0 Å². The third kappa shape index (κ3) is 3.49. The van der Waals surface area contributed by atoms with Crippen molar-refractivity contribution in [3.63, 3.8) is 0 Å². The molecule has 31 heavy (non-hydrogen) atoms. The molecule has 7 nitrogen and oxygen atoms in total. The fourth-order valence-electron chi connectivity index (χ4n) is 4.81. The zero-order valence-corrected chi connectivity index (χ0v) is 17.7. The summed E-state index contributed by atoms with van der Waals surface area (Å²) in [6, 6.07) is 15.5. The smallest absolute Gasteiger partial charge is 0.338 e. The predicted molar refractivity (Wildman–Crippen MR) is 113 cm³/mol. The number of benzene rings is 2. The fraction of sp³-hybridized carbons (Fsp3) is 0.348. The first kappa shape index (κ1) is 20.4. The molecule has 162 valence electrons. The molecule has 2 bridgehead atoms. The highest BCUT2D eigenvalue weighted by atomic mass is 32.3. The Bertz CT molecular complexity index is 1070. The van der Waals surface area contributed by atoms with E-state index in [0.717, 1.165) is 5.56 Å². The van der Waals surface area contributed by atoms with E-state index in [0.29, 0.717) is 24.2 Å². The first-order chi connectivity index (χ1) is 14.9. The van der Waals surface area contributed by atoms with Crippen LogP contribution >= 0.6 is 0 Å². The van der Waals surface area contributed by atoms with Crippen LogP contribution in [0.1, 0.15) is 22.3 Å². The average molecular weight is 442 g/mol. The number of esters is 1. The highest BCUT2D eigenvalue weighted by Crippen LogP contribution is 2.50. The van der Waals surface area contributed by atoms with Gasteiger partial charge in [0, 0.05) is 6.42 Å². The Balaban J connectivity index is 1.50. The van der Waals surface area contributed by atoms with E-state index in [1.165, 1.54) is 7.11 Å². The van der Waals surface area contributed by atoms with E-state index >= 15 is 0 Å². The molecule has 3 aliphatic rings. The van der Waals surface area contributed by atoms with Crippen LogP contribution < -0.4 is 9.46 Å². The molecule has 1 N–H and O–H groups in total. The number of carbonyl (C=O) groups excluding carboxylic acids is 1. The quantitative estimate of drug-likeness (QED) is 0.435. The summed E-state index contributed by atoms with van der Waals surface area (Å²) in [6.07, 6.45) is 3.23. The second-order valence-corrected chi connectivity index (χ2v) is 10.0. The van der Waals surface area contributed by atoms with Crippen molar-refractivity contribution in [1.29, 1.82) is 0 Å². The molecule has 0 aliphatic carbocycles. The molecular formula is C23H23NO6S. The van der Waals surface area contributed by atoms with Gasteiger partial charge in [0.15, 0.2) is 17.0 Å². The van der Waals surface area contributed by atoms with Crippen molar-refractivity contribution < 1.29 is 27.8 Å². The Labute approximate surface area is 181 Å². The zero-order valence-electron chi connectivity index (χ0n) is 16.9. The molecule has 3 heterocycles. The van der Waals surface area contributed by atoms with E-state index in [1.807, 2.05) is 36.4 Å². The minimum absolute atomic E-state index is 0.296. The van der Waals surface area contributed by atoms with Crippen molar-refractivity contribution >= 4 is 16.4 Å². The molecule has 5 rings (SSSR count). The number of nitrogens with one attached hydrogen (secondary N) is 1. The number of methoxy groups -OCH3 is 1. The van der Waals surface area contributed by atoms with Crippen LogP contribution in [-0.4, -0.2) is 46.7 Å². The largest absolute Gasteiger partial charge is 0.597 e. The number of sulfonamides is 1. The Morgan fingerprint density at radius 3 is 2.81 bits per heavy atom. The molecule has 6 atom stereocenters. The molecule has 1 spiro atoms. The van der Waals surface area contributed by atoms with Gasteiger partial charge in [-0.3, -0.25) is 0 Å². The maximum absolute atomic E-state index is 13.1. The van der Waals surface area contributed by atoms with Crippen LogP contribution in [0.15, 0.2) is 66.7 Å². The summed E-state index contributed by atoms with van der Waals surface area (Å²) in [5.74, 6) is -0.0165. The molecule has 0 radical (unpaired) electrons. The predicted octanol–water partition coefficient (Wildman–Crippen LogP) is 2.45. The lowest BCUT2D eigenvalue weighted by Gasteiger charge is -2.46. The molecule has 0 amide bonds. The van der Waals surface area contributed by atoms with Gasteiger partial charge in [0.25, 0.3) is 0 Å². The summed E-state index contributed by atoms with van der Waals surface area (Å²) in [5.41, 5.74) is 0.0719. The molecule has 2 saturated heterocycles. The Kier molecular flexibility index (Phi) is 4.97. The van der Waals surface area contributed by atoms with E-state index in [1.54, 1.807) is 30.3 Å². The zero-order chi connectivity index (χ0) is 21.6. The first-order valence-corrected chi connectivity index (χ1v) is 11.7. The summed E-state index contributed by atoms with van der Waals surface area (Å²) in [7, 11) is -2.13. The Morgan fingerprint density at radius 1 is 1.26 bits per heavy atom. The highest BCUT2D eigenvalue weighted by Gasteiger charge is 2.69. The number of hydrogen-bond donors (Lipinski definition) is 1. The number of ether oxygens (including phenoxy) is 3. The summed E-state index contributed by atoms with van der Waals surface area (Å²) >= 11 is 0. The van der Waals surface area contributed by atoms with Crippen LogP contribution in [0, 0.1) is 0 Å². The van der Waals surface area contributed by atoms with Crippen molar-refractivity contribution in [2.24, 2.45) is 0 Å². The SMILES string of the molecule is COc1cccc(C(=O)O[C@@H]2[C@H](Cc3ccccc3)N[S+](=O)([O-])[C@H]3CC4C=C[C@]23O4)c1. The minimum atomic E-state index is -3.65. The normalized spacial score (nSPS) is 35.5. The summed E-state index contributed by atoms with van der Waals surface area (Å²) < 4.78 is 46.2. The van der Waals surface area contributed by atoms with E-state index in [9.17, 15) is 13.6 Å². The molecule has 0 saturated carbocycles. The topological polar surface area (TPSA) is 96.9 Å². The Morgan fingerprint density at radius 2 is 2.06 bits per heavy atom. The average Bonchev–Trinajstić information content (AvgIpc) is 3.37. The second-order valence-electron chi connectivity index (χ2n) is 8.11. The van der Waals surface area contributed by atoms with E-state index < -0.39 is 39.4 Å². The van der Waals surface area contributed by atoms with Crippen LogP contribution in [0.2, 0.25) is 0 Å². The van der Waals surface area contributed by atoms with E-state index in [-0.39, 0.29) is 6.10 Å². The van der Waals surface area contributed by atoms with Gasteiger partial charge in [-0.25, -0.2) is 4.79 Å². The van der Waals surface area contributed by atoms with Crippen LogP contribution in [0.4, 0.5) is 0 Å². The van der Waals surface area contributed by atoms with Gasteiger partial charge in [-0.15, -0.1) is 4.72 Å². The van der Waals surface area contributed by atoms with Gasteiger partial charge in [-0.05, 0) is 36.3 Å². The van der Waals surface area contributed by atoms with Crippen molar-refractivity contribution in [1.82, 2.24) is 4.72 Å². The molecule has 2 aromatic rings. The summed E-state index contributed by atoms with van der Waals surface area (Å²) in [4.78, 5) is 13.1. The number of rotatable bonds is 5. The summed E-state index contributed by atoms with van der Waals surface area (Å²) in [6.45, 7) is 0. The lowest BCUT2D eigenvalue weighted by molar-refractivity contribution is -0.0879. The number of fused-ring (bicyclic) bond motifs is 1. The monoisotopic (exact) mass is 441 g/mol. The van der Waals surface area contributed by atoms with Crippen molar-refractivity contribution in [2.75, 3.05) is 7.11 Å². The van der Waals surface area contributed by atoms with Crippen molar-refractivity contribution in [3.8, 4) is 5.75 Å². The molecule has 3 aliphatic heterocycles. The van der Waals surface area contributed by atoms with Gasteiger partial charge in [0.1, 0.15) is 16.1 Å². The van der Waals surface area contributed by atoms with Gasteiger partial charge in [-0.2, -0.15) is 0 Å². The molecule has 2 aromatic carbocycles. The van der Waals surface area contributed by atoms with Crippen molar-refractivity contribution in [2.45, 2.75) is 41.9 Å². The van der Waals surface area contributed by atoms with Crippen LogP contribution in [-0.2, 0) is 30.5 Å². The van der Waals surface area contributed by atoms with Gasteiger partial charge < -0.3 is 18.8 Å². The van der Waals surface area contributed by atoms with Gasteiger partial charge >= 0.3 is 5.97 Å². The van der Waals surface area contributed by atoms with Gasteiger partial charge in [0.05, 0.1) is 24.8 Å². The lowest BCUT2D eigenvalue weighted by atomic mass is 9.83. The minimum Gasteiger partial charge on any atom is -0.597 e. The van der Waals surface area contributed by atoms with E-state index in [2.05, 4.69) is 4.72 Å². The van der Waals surface area contributed by atoms with Crippen molar-refractivity contribution in [3.05, 3.63) is 77.9 Å². The van der Waals surface area contributed by atoms with Gasteiger partial charge in [0.2, 0.25) is 0 Å². The Hall–Kier alpha value is -2.52. The third-order valence-corrected chi connectivity index (χ3v) is 8.16.